The second kappa shape index (κ2) is 6.02. The minimum atomic E-state index is 0.873. The third kappa shape index (κ3) is 3.71. The number of halogens is 1. The van der Waals surface area contributed by atoms with Gasteiger partial charge in [-0.1, -0.05) is 17.8 Å². The van der Waals surface area contributed by atoms with E-state index < -0.39 is 0 Å². The highest BCUT2D eigenvalue weighted by Crippen LogP contribution is 2.25. The smallest absolute Gasteiger partial charge is 0.127 e. The van der Waals surface area contributed by atoms with E-state index >= 15 is 0 Å². The van der Waals surface area contributed by atoms with Crippen LogP contribution in [-0.4, -0.2) is 16.5 Å². The highest BCUT2D eigenvalue weighted by molar-refractivity contribution is 9.10. The lowest BCUT2D eigenvalue weighted by Gasteiger charge is -2.04. The maximum atomic E-state index is 4.48. The van der Waals surface area contributed by atoms with Gasteiger partial charge in [-0.05, 0) is 47.1 Å². The van der Waals surface area contributed by atoms with E-state index in [1.165, 1.54) is 0 Å². The first-order chi connectivity index (χ1) is 8.28. The van der Waals surface area contributed by atoms with Crippen LogP contribution < -0.4 is 5.32 Å². The number of nitrogens with one attached hydrogen (secondary N) is 1. The Kier molecular flexibility index (Phi) is 4.39. The molecule has 0 unspecified atom stereocenters. The van der Waals surface area contributed by atoms with Crippen LogP contribution in [0, 0.1) is 0 Å². The van der Waals surface area contributed by atoms with Crippen molar-refractivity contribution in [1.82, 2.24) is 9.97 Å². The van der Waals surface area contributed by atoms with Gasteiger partial charge < -0.3 is 5.32 Å². The molecule has 3 nitrogen and oxygen atoms in total. The number of anilines is 1. The van der Waals surface area contributed by atoms with Crippen LogP contribution in [0.2, 0.25) is 0 Å². The molecule has 2 aromatic heterocycles. The van der Waals surface area contributed by atoms with Gasteiger partial charge >= 0.3 is 0 Å². The summed E-state index contributed by atoms with van der Waals surface area (Å²) in [6, 6.07) is 9.88. The fourth-order valence-electron chi connectivity index (χ4n) is 1.28. The number of nitrogens with zero attached hydrogens (tertiary/aromatic N) is 2. The summed E-state index contributed by atoms with van der Waals surface area (Å²) in [5.41, 5.74) is 0. The third-order valence-corrected chi connectivity index (χ3v) is 3.35. The Hall–Kier alpha value is -1.07. The van der Waals surface area contributed by atoms with Crippen molar-refractivity contribution in [2.45, 2.75) is 17.0 Å². The Bertz CT molecular complexity index is 487. The minimum Gasteiger partial charge on any atom is -0.370 e. The zero-order chi connectivity index (χ0) is 12.1. The summed E-state index contributed by atoms with van der Waals surface area (Å²) in [4.78, 5) is 8.79. The summed E-state index contributed by atoms with van der Waals surface area (Å²) < 4.78 is 0.983. The van der Waals surface area contributed by atoms with Gasteiger partial charge in [0.15, 0.2) is 0 Å². The van der Waals surface area contributed by atoms with Crippen LogP contribution in [0.15, 0.2) is 51.1 Å². The minimum absolute atomic E-state index is 0.873. The molecule has 0 aliphatic rings. The molecule has 0 spiro atoms. The van der Waals surface area contributed by atoms with Crippen molar-refractivity contribution in [1.29, 1.82) is 0 Å². The first kappa shape index (κ1) is 12.4. The molecule has 2 aromatic rings. The maximum absolute atomic E-state index is 4.48. The van der Waals surface area contributed by atoms with Crippen LogP contribution in [0.3, 0.4) is 0 Å². The van der Waals surface area contributed by atoms with E-state index in [0.29, 0.717) is 0 Å². The van der Waals surface area contributed by atoms with Crippen molar-refractivity contribution in [2.75, 3.05) is 11.9 Å². The topological polar surface area (TPSA) is 37.8 Å². The van der Waals surface area contributed by atoms with Gasteiger partial charge in [-0.25, -0.2) is 9.97 Å². The molecule has 0 bridgehead atoms. The van der Waals surface area contributed by atoms with Crippen molar-refractivity contribution in [3.8, 4) is 0 Å². The van der Waals surface area contributed by atoms with Gasteiger partial charge in [-0.15, -0.1) is 0 Å². The molecule has 0 aromatic carbocycles. The summed E-state index contributed by atoms with van der Waals surface area (Å²) in [5.74, 6) is 0.898. The normalized spacial score (nSPS) is 10.2. The molecule has 0 radical (unpaired) electrons. The van der Waals surface area contributed by atoms with E-state index in [1.54, 1.807) is 18.0 Å². The second-order valence-corrected chi connectivity index (χ2v) is 5.26. The number of aromatic nitrogens is 2. The van der Waals surface area contributed by atoms with Crippen molar-refractivity contribution < 1.29 is 0 Å². The summed E-state index contributed by atoms with van der Waals surface area (Å²) in [6.07, 6.45) is 1.79. The van der Waals surface area contributed by atoms with Gasteiger partial charge in [-0.2, -0.15) is 0 Å². The highest BCUT2D eigenvalue weighted by atomic mass is 79.9. The van der Waals surface area contributed by atoms with Crippen molar-refractivity contribution >= 4 is 33.5 Å². The standard InChI is InChI=1S/C12H12BrN3S/c1-2-14-10-4-3-5-12(16-10)17-11-7-6-9(13)8-15-11/h3-8H,2H2,1H3,(H,14,16). The summed E-state index contributed by atoms with van der Waals surface area (Å²) in [5, 5.41) is 5.07. The molecule has 5 heteroatoms. The molecule has 0 aliphatic heterocycles. The van der Waals surface area contributed by atoms with Gasteiger partial charge in [0.1, 0.15) is 15.9 Å². The molecule has 0 atom stereocenters. The van der Waals surface area contributed by atoms with Crippen LogP contribution >= 0.6 is 27.7 Å². The lowest BCUT2D eigenvalue weighted by Crippen LogP contribution is -1.98. The number of pyridine rings is 2. The first-order valence-corrected chi connectivity index (χ1v) is 6.89. The largest absolute Gasteiger partial charge is 0.370 e. The first-order valence-electron chi connectivity index (χ1n) is 5.28. The average molecular weight is 310 g/mol. The highest BCUT2D eigenvalue weighted by Gasteiger charge is 2.01. The molecule has 0 amide bonds. The number of hydrogen-bond donors (Lipinski definition) is 1. The van der Waals surface area contributed by atoms with Gasteiger partial charge in [0.25, 0.3) is 0 Å². The Morgan fingerprint density at radius 1 is 1.24 bits per heavy atom. The molecule has 17 heavy (non-hydrogen) atoms. The molecular formula is C12H12BrN3S. The monoisotopic (exact) mass is 309 g/mol. The SMILES string of the molecule is CCNc1cccc(Sc2ccc(Br)cn2)n1. The van der Waals surface area contributed by atoms with Crippen LogP contribution in [0.5, 0.6) is 0 Å². The number of hydrogen-bond acceptors (Lipinski definition) is 4. The molecule has 2 rings (SSSR count). The van der Waals surface area contributed by atoms with Gasteiger partial charge in [0.05, 0.1) is 0 Å². The number of rotatable bonds is 4. The van der Waals surface area contributed by atoms with E-state index in [-0.39, 0.29) is 0 Å². The maximum Gasteiger partial charge on any atom is 0.127 e. The lowest BCUT2D eigenvalue weighted by atomic mass is 10.4. The van der Waals surface area contributed by atoms with Crippen LogP contribution in [-0.2, 0) is 0 Å². The average Bonchev–Trinajstić information content (AvgIpc) is 2.33. The fourth-order valence-corrected chi connectivity index (χ4v) is 2.26. The molecule has 0 saturated heterocycles. The predicted octanol–water partition coefficient (Wildman–Crippen LogP) is 3.82. The molecule has 2 heterocycles. The van der Waals surface area contributed by atoms with Crippen molar-refractivity contribution in [3.05, 3.63) is 41.0 Å². The molecular weight excluding hydrogens is 298 g/mol. The quantitative estimate of drug-likeness (QED) is 0.931. The molecule has 1 N–H and O–H groups in total. The van der Waals surface area contributed by atoms with E-state index in [2.05, 4.69) is 38.1 Å². The van der Waals surface area contributed by atoms with Crippen molar-refractivity contribution in [2.24, 2.45) is 0 Å². The van der Waals surface area contributed by atoms with Gasteiger partial charge in [0, 0.05) is 17.2 Å². The third-order valence-electron chi connectivity index (χ3n) is 1.99. The van der Waals surface area contributed by atoms with Crippen LogP contribution in [0.25, 0.3) is 0 Å². The van der Waals surface area contributed by atoms with Gasteiger partial charge in [0.2, 0.25) is 0 Å². The van der Waals surface area contributed by atoms with E-state index in [9.17, 15) is 0 Å². The summed E-state index contributed by atoms with van der Waals surface area (Å²) in [7, 11) is 0. The lowest BCUT2D eigenvalue weighted by molar-refractivity contribution is 1.07. The zero-order valence-electron chi connectivity index (χ0n) is 9.35. The van der Waals surface area contributed by atoms with E-state index in [1.807, 2.05) is 30.3 Å². The fraction of sp³-hybridized carbons (Fsp3) is 0.167. The Morgan fingerprint density at radius 2 is 2.12 bits per heavy atom. The van der Waals surface area contributed by atoms with Crippen LogP contribution in [0.1, 0.15) is 6.92 Å². The summed E-state index contributed by atoms with van der Waals surface area (Å²) in [6.45, 7) is 2.93. The van der Waals surface area contributed by atoms with E-state index in [0.717, 1.165) is 26.9 Å². The van der Waals surface area contributed by atoms with Gasteiger partial charge in [-0.3, -0.25) is 0 Å². The Labute approximate surface area is 113 Å². The summed E-state index contributed by atoms with van der Waals surface area (Å²) >= 11 is 4.92. The Balaban J connectivity index is 2.12. The van der Waals surface area contributed by atoms with Crippen LogP contribution in [0.4, 0.5) is 5.82 Å². The van der Waals surface area contributed by atoms with Crippen molar-refractivity contribution in [3.63, 3.8) is 0 Å². The molecule has 0 saturated carbocycles. The Morgan fingerprint density at radius 3 is 2.82 bits per heavy atom. The molecule has 0 fully saturated rings. The molecule has 88 valence electrons. The van der Waals surface area contributed by atoms with E-state index in [4.69, 9.17) is 0 Å². The zero-order valence-corrected chi connectivity index (χ0v) is 11.8. The molecule has 0 aliphatic carbocycles. The predicted molar refractivity (Wildman–Crippen MR) is 74.5 cm³/mol. The second-order valence-electron chi connectivity index (χ2n) is 3.31.